The maximum atomic E-state index is 8.18. The van der Waals surface area contributed by atoms with E-state index in [-0.39, 0.29) is 30.6 Å². The van der Waals surface area contributed by atoms with Crippen molar-refractivity contribution in [2.24, 2.45) is 0 Å². The van der Waals surface area contributed by atoms with Crippen LogP contribution in [0, 0.1) is 0 Å². The molecule has 8 heavy (non-hydrogen) atoms. The molecule has 0 unspecified atom stereocenters. The Bertz CT molecular complexity index is 47.7. The van der Waals surface area contributed by atoms with E-state index in [9.17, 15) is 0 Å². The van der Waals surface area contributed by atoms with Gasteiger partial charge in [-0.25, -0.2) is 0 Å². The lowest BCUT2D eigenvalue weighted by molar-refractivity contribution is 0.200. The molecule has 0 saturated carbocycles. The summed E-state index contributed by atoms with van der Waals surface area (Å²) < 4.78 is 4.68. The second-order valence-corrected chi connectivity index (χ2v) is 1.11. The van der Waals surface area contributed by atoms with E-state index in [0.717, 1.165) is 0 Å². The molecule has 0 aliphatic carbocycles. The third kappa shape index (κ3) is 9.52. The smallest absolute Gasteiger partial charge is 0.0894 e. The summed E-state index contributed by atoms with van der Waals surface area (Å²) in [6.07, 6.45) is 2.06. The molecular formula is C5H11IO2. The van der Waals surface area contributed by atoms with E-state index in [4.69, 9.17) is 5.11 Å². The third-order valence-electron chi connectivity index (χ3n) is 0.538. The molecule has 0 aromatic heterocycles. The van der Waals surface area contributed by atoms with Crippen molar-refractivity contribution in [2.45, 2.75) is 6.42 Å². The number of hydrogen-bond donors (Lipinski definition) is 1. The Morgan fingerprint density at radius 2 is 2.25 bits per heavy atom. The molecule has 1 N–H and O–H groups in total. The van der Waals surface area contributed by atoms with Crippen molar-refractivity contribution >= 4 is 24.0 Å². The van der Waals surface area contributed by atoms with Crippen molar-refractivity contribution in [1.29, 1.82) is 0 Å². The first-order chi connectivity index (χ1) is 3.41. The summed E-state index contributed by atoms with van der Waals surface area (Å²) in [6.45, 7) is 4.09. The molecule has 2 nitrogen and oxygen atoms in total. The number of hydrogen-bond acceptors (Lipinski definition) is 2. The van der Waals surface area contributed by atoms with E-state index in [0.29, 0.717) is 13.0 Å². The van der Waals surface area contributed by atoms with Crippen LogP contribution in [0.2, 0.25) is 0 Å². The summed E-state index contributed by atoms with van der Waals surface area (Å²) in [5.74, 6) is 0. The fourth-order valence-corrected chi connectivity index (χ4v) is 0.231. The molecule has 0 radical (unpaired) electrons. The molecule has 0 aliphatic rings. The van der Waals surface area contributed by atoms with Crippen LogP contribution in [0.1, 0.15) is 6.42 Å². The molecule has 0 aromatic carbocycles. The molecule has 0 amide bonds. The number of ether oxygens (including phenoxy) is 1. The predicted octanol–water partition coefficient (Wildman–Crippen LogP) is 1.15. The fraction of sp³-hybridized carbons (Fsp3) is 0.600. The van der Waals surface area contributed by atoms with Crippen molar-refractivity contribution in [3.8, 4) is 0 Å². The van der Waals surface area contributed by atoms with E-state index >= 15 is 0 Å². The summed E-state index contributed by atoms with van der Waals surface area (Å²) in [4.78, 5) is 0. The standard InChI is InChI=1S/C5H10O2.HI/c1-2-7-5-3-4-6;/h2,6H,1,3-5H2;1H. The number of rotatable bonds is 4. The lowest BCUT2D eigenvalue weighted by Gasteiger charge is -1.93. The Kier molecular flexibility index (Phi) is 14.2. The average molecular weight is 230 g/mol. The van der Waals surface area contributed by atoms with E-state index in [1.54, 1.807) is 0 Å². The maximum absolute atomic E-state index is 8.18. The first-order valence-electron chi connectivity index (χ1n) is 2.25. The van der Waals surface area contributed by atoms with E-state index in [1.807, 2.05) is 0 Å². The Labute approximate surface area is 66.6 Å². The molecule has 0 spiro atoms. The first-order valence-corrected chi connectivity index (χ1v) is 2.25. The Morgan fingerprint density at radius 3 is 2.62 bits per heavy atom. The minimum Gasteiger partial charge on any atom is -0.502 e. The van der Waals surface area contributed by atoms with Crippen molar-refractivity contribution < 1.29 is 9.84 Å². The second kappa shape index (κ2) is 10.3. The quantitative estimate of drug-likeness (QED) is 0.446. The molecule has 0 aliphatic heterocycles. The molecule has 3 heteroatoms. The lowest BCUT2D eigenvalue weighted by atomic mass is 10.5. The van der Waals surface area contributed by atoms with Gasteiger partial charge < -0.3 is 9.84 Å². The van der Waals surface area contributed by atoms with Crippen LogP contribution in [-0.2, 0) is 4.74 Å². The summed E-state index contributed by atoms with van der Waals surface area (Å²) in [5.41, 5.74) is 0. The van der Waals surface area contributed by atoms with Crippen LogP contribution in [0.15, 0.2) is 12.8 Å². The van der Waals surface area contributed by atoms with Crippen molar-refractivity contribution in [3.63, 3.8) is 0 Å². The zero-order chi connectivity index (χ0) is 5.54. The second-order valence-electron chi connectivity index (χ2n) is 1.11. The summed E-state index contributed by atoms with van der Waals surface area (Å²) in [7, 11) is 0. The summed E-state index contributed by atoms with van der Waals surface area (Å²) in [5, 5.41) is 8.18. The SMILES string of the molecule is C=COCCCO.I. The van der Waals surface area contributed by atoms with Crippen LogP contribution >= 0.6 is 24.0 Å². The molecule has 0 aromatic rings. The van der Waals surface area contributed by atoms with E-state index in [2.05, 4.69) is 11.3 Å². The van der Waals surface area contributed by atoms with Crippen LogP contribution < -0.4 is 0 Å². The monoisotopic (exact) mass is 230 g/mol. The average Bonchev–Trinajstić information content (AvgIpc) is 1.69. The highest BCUT2D eigenvalue weighted by molar-refractivity contribution is 14.0. The van der Waals surface area contributed by atoms with Gasteiger partial charge in [-0.2, -0.15) is 0 Å². The van der Waals surface area contributed by atoms with Crippen molar-refractivity contribution in [1.82, 2.24) is 0 Å². The molecule has 0 fully saturated rings. The van der Waals surface area contributed by atoms with Gasteiger partial charge in [0.15, 0.2) is 0 Å². The van der Waals surface area contributed by atoms with Crippen LogP contribution in [0.4, 0.5) is 0 Å². The van der Waals surface area contributed by atoms with Gasteiger partial charge in [-0.1, -0.05) is 6.58 Å². The highest BCUT2D eigenvalue weighted by atomic mass is 127. The van der Waals surface area contributed by atoms with Gasteiger partial charge in [0.1, 0.15) is 0 Å². The van der Waals surface area contributed by atoms with Crippen molar-refractivity contribution in [3.05, 3.63) is 12.8 Å². The van der Waals surface area contributed by atoms with Gasteiger partial charge in [-0.15, -0.1) is 24.0 Å². The molecule has 0 rings (SSSR count). The van der Waals surface area contributed by atoms with Gasteiger partial charge in [-0.3, -0.25) is 0 Å². The number of aliphatic hydroxyl groups excluding tert-OH is 1. The minimum absolute atomic E-state index is 0. The molecule has 0 atom stereocenters. The maximum Gasteiger partial charge on any atom is 0.0894 e. The molecule has 0 bridgehead atoms. The normalized spacial score (nSPS) is 7.12. The third-order valence-corrected chi connectivity index (χ3v) is 0.538. The number of halogens is 1. The molecule has 0 heterocycles. The zero-order valence-electron chi connectivity index (χ0n) is 4.67. The van der Waals surface area contributed by atoms with E-state index in [1.165, 1.54) is 6.26 Å². The lowest BCUT2D eigenvalue weighted by Crippen LogP contribution is -1.89. The van der Waals surface area contributed by atoms with E-state index < -0.39 is 0 Å². The van der Waals surface area contributed by atoms with Crippen LogP contribution in [0.5, 0.6) is 0 Å². The van der Waals surface area contributed by atoms with Gasteiger partial charge in [0, 0.05) is 13.0 Å². The van der Waals surface area contributed by atoms with Crippen LogP contribution in [0.25, 0.3) is 0 Å². The minimum atomic E-state index is 0. The van der Waals surface area contributed by atoms with Gasteiger partial charge in [-0.05, 0) is 0 Å². The topological polar surface area (TPSA) is 29.5 Å². The van der Waals surface area contributed by atoms with Gasteiger partial charge in [0.2, 0.25) is 0 Å². The van der Waals surface area contributed by atoms with Crippen molar-refractivity contribution in [2.75, 3.05) is 13.2 Å². The summed E-state index contributed by atoms with van der Waals surface area (Å²) >= 11 is 0. The van der Waals surface area contributed by atoms with Gasteiger partial charge in [0.25, 0.3) is 0 Å². The highest BCUT2D eigenvalue weighted by Crippen LogP contribution is 1.78. The van der Waals surface area contributed by atoms with Crippen LogP contribution in [0.3, 0.4) is 0 Å². The Hall–Kier alpha value is 0.230. The molecule has 50 valence electrons. The zero-order valence-corrected chi connectivity index (χ0v) is 7.00. The Balaban J connectivity index is 0. The van der Waals surface area contributed by atoms with Gasteiger partial charge in [0.05, 0.1) is 12.9 Å². The predicted molar refractivity (Wildman–Crippen MR) is 43.3 cm³/mol. The summed E-state index contributed by atoms with van der Waals surface area (Å²) in [6, 6.07) is 0. The first kappa shape index (κ1) is 11.1. The molecule has 0 saturated heterocycles. The van der Waals surface area contributed by atoms with Gasteiger partial charge >= 0.3 is 0 Å². The highest BCUT2D eigenvalue weighted by Gasteiger charge is 1.77. The fourth-order valence-electron chi connectivity index (χ4n) is 0.231. The van der Waals surface area contributed by atoms with Crippen LogP contribution in [-0.4, -0.2) is 18.3 Å². The molecular weight excluding hydrogens is 219 g/mol. The number of aliphatic hydroxyl groups is 1. The largest absolute Gasteiger partial charge is 0.502 e. The Morgan fingerprint density at radius 1 is 1.62 bits per heavy atom.